The van der Waals surface area contributed by atoms with E-state index in [4.69, 9.17) is 9.47 Å². The summed E-state index contributed by atoms with van der Waals surface area (Å²) >= 11 is 0. The van der Waals surface area contributed by atoms with Gasteiger partial charge in [0.15, 0.2) is 11.5 Å². The van der Waals surface area contributed by atoms with Crippen LogP contribution in [0.4, 0.5) is 0 Å². The van der Waals surface area contributed by atoms with E-state index in [1.165, 1.54) is 37.3 Å². The van der Waals surface area contributed by atoms with Crippen LogP contribution in [-0.2, 0) is 19.7 Å². The number of quaternary nitrogens is 2. The van der Waals surface area contributed by atoms with E-state index in [9.17, 15) is 0 Å². The minimum atomic E-state index is 0.551. The highest BCUT2D eigenvalue weighted by Crippen LogP contribution is 2.28. The normalized spacial score (nSPS) is 18.7. The molecule has 3 aromatic rings. The fraction of sp³-hybridized carbons (Fsp3) is 0.308. The van der Waals surface area contributed by atoms with Crippen LogP contribution >= 0.6 is 0 Å². The summed E-state index contributed by atoms with van der Waals surface area (Å²) in [5.41, 5.74) is 3.90. The zero-order chi connectivity index (χ0) is 20.6. The molecule has 0 aromatic heterocycles. The molecule has 0 saturated carbocycles. The van der Waals surface area contributed by atoms with Gasteiger partial charge in [0, 0.05) is 11.1 Å². The monoisotopic (exact) mass is 404 g/mol. The summed E-state index contributed by atoms with van der Waals surface area (Å²) < 4.78 is 11.6. The van der Waals surface area contributed by atoms with Crippen molar-refractivity contribution >= 4 is 0 Å². The number of hydrogen-bond acceptors (Lipinski definition) is 2. The molecule has 1 fully saturated rings. The Morgan fingerprint density at radius 3 is 1.80 bits per heavy atom. The zero-order valence-corrected chi connectivity index (χ0v) is 17.8. The van der Waals surface area contributed by atoms with Gasteiger partial charge in [-0.3, -0.25) is 0 Å². The Kier molecular flexibility index (Phi) is 7.01. The molecule has 1 aliphatic rings. The largest absolute Gasteiger partial charge is 0.493 e. The summed E-state index contributed by atoms with van der Waals surface area (Å²) in [6.45, 7) is 7.56. The maximum absolute atomic E-state index is 6.09. The quantitative estimate of drug-likeness (QED) is 0.599. The SMILES string of the molecule is COc1ccc(C[NH+]2CC[NH+](Cc3ccccc3)CC2)cc1OCc1ccccc1. The smallest absolute Gasteiger partial charge is 0.162 e. The Hall–Kier alpha value is -2.82. The molecule has 30 heavy (non-hydrogen) atoms. The van der Waals surface area contributed by atoms with Gasteiger partial charge in [-0.2, -0.15) is 0 Å². The molecular formula is C26H32N2O2+2. The molecule has 0 atom stereocenters. The van der Waals surface area contributed by atoms with E-state index in [0.29, 0.717) is 6.61 Å². The van der Waals surface area contributed by atoms with Crippen molar-refractivity contribution in [3.8, 4) is 11.5 Å². The highest BCUT2D eigenvalue weighted by atomic mass is 16.5. The average Bonchev–Trinajstić information content (AvgIpc) is 2.80. The fourth-order valence-electron chi connectivity index (χ4n) is 4.16. The van der Waals surface area contributed by atoms with Crippen LogP contribution in [0.1, 0.15) is 16.7 Å². The number of piperazine rings is 1. The van der Waals surface area contributed by atoms with E-state index in [-0.39, 0.29) is 0 Å². The van der Waals surface area contributed by atoms with Crippen LogP contribution in [0, 0.1) is 0 Å². The molecule has 0 unspecified atom stereocenters. The predicted molar refractivity (Wildman–Crippen MR) is 119 cm³/mol. The minimum absolute atomic E-state index is 0.551. The van der Waals surface area contributed by atoms with E-state index >= 15 is 0 Å². The molecule has 4 heteroatoms. The van der Waals surface area contributed by atoms with E-state index in [0.717, 1.165) is 30.2 Å². The van der Waals surface area contributed by atoms with Crippen molar-refractivity contribution in [1.82, 2.24) is 0 Å². The summed E-state index contributed by atoms with van der Waals surface area (Å²) in [7, 11) is 1.70. The van der Waals surface area contributed by atoms with Gasteiger partial charge < -0.3 is 19.3 Å². The Labute approximate surface area is 179 Å². The van der Waals surface area contributed by atoms with Crippen molar-refractivity contribution in [3.05, 3.63) is 95.6 Å². The molecule has 1 saturated heterocycles. The van der Waals surface area contributed by atoms with Gasteiger partial charge in [-0.25, -0.2) is 0 Å². The fourth-order valence-corrected chi connectivity index (χ4v) is 4.16. The number of methoxy groups -OCH3 is 1. The first-order valence-corrected chi connectivity index (χ1v) is 10.8. The lowest BCUT2D eigenvalue weighted by atomic mass is 10.1. The Morgan fingerprint density at radius 1 is 0.633 bits per heavy atom. The van der Waals surface area contributed by atoms with E-state index < -0.39 is 0 Å². The maximum Gasteiger partial charge on any atom is 0.162 e. The van der Waals surface area contributed by atoms with Crippen LogP contribution in [0.5, 0.6) is 11.5 Å². The molecule has 4 rings (SSSR count). The second-order valence-corrected chi connectivity index (χ2v) is 8.10. The van der Waals surface area contributed by atoms with E-state index in [2.05, 4.69) is 54.6 Å². The van der Waals surface area contributed by atoms with Gasteiger partial charge in [0.25, 0.3) is 0 Å². The first-order valence-electron chi connectivity index (χ1n) is 10.8. The highest BCUT2D eigenvalue weighted by Gasteiger charge is 2.23. The van der Waals surface area contributed by atoms with Gasteiger partial charge in [-0.15, -0.1) is 0 Å². The molecule has 156 valence electrons. The number of benzene rings is 3. The lowest BCUT2D eigenvalue weighted by Crippen LogP contribution is -3.27. The van der Waals surface area contributed by atoms with Gasteiger partial charge in [-0.05, 0) is 23.8 Å². The summed E-state index contributed by atoms with van der Waals surface area (Å²) in [5, 5.41) is 0. The summed E-state index contributed by atoms with van der Waals surface area (Å²) in [4.78, 5) is 3.33. The van der Waals surface area contributed by atoms with Gasteiger partial charge >= 0.3 is 0 Å². The molecule has 0 amide bonds. The first kappa shape index (κ1) is 20.5. The Balaban J connectivity index is 1.32. The summed E-state index contributed by atoms with van der Waals surface area (Å²) in [5.74, 6) is 1.62. The minimum Gasteiger partial charge on any atom is -0.493 e. The van der Waals surface area contributed by atoms with E-state index in [1.54, 1.807) is 16.9 Å². The first-order chi connectivity index (χ1) is 14.8. The third-order valence-electron chi connectivity index (χ3n) is 5.88. The zero-order valence-electron chi connectivity index (χ0n) is 17.8. The van der Waals surface area contributed by atoms with Crippen molar-refractivity contribution in [2.45, 2.75) is 19.7 Å². The molecule has 4 nitrogen and oxygen atoms in total. The topological polar surface area (TPSA) is 27.3 Å². The predicted octanol–water partition coefficient (Wildman–Crippen LogP) is 1.76. The third-order valence-corrected chi connectivity index (χ3v) is 5.88. The number of hydrogen-bond donors (Lipinski definition) is 2. The number of nitrogens with one attached hydrogen (secondary N) is 2. The van der Waals surface area contributed by atoms with Crippen molar-refractivity contribution in [3.63, 3.8) is 0 Å². The van der Waals surface area contributed by atoms with Gasteiger partial charge in [-0.1, -0.05) is 60.7 Å². The molecular weight excluding hydrogens is 372 g/mol. The second kappa shape index (κ2) is 10.3. The van der Waals surface area contributed by atoms with Gasteiger partial charge in [0.1, 0.15) is 45.9 Å². The molecule has 0 bridgehead atoms. The second-order valence-electron chi connectivity index (χ2n) is 8.10. The molecule has 0 aliphatic carbocycles. The number of ether oxygens (including phenoxy) is 2. The Morgan fingerprint density at radius 2 is 1.20 bits per heavy atom. The standard InChI is InChI=1S/C26H30N2O2/c1-29-25-13-12-24(18-26(25)30-21-23-10-6-3-7-11-23)20-28-16-14-27(15-17-28)19-22-8-4-2-5-9-22/h2-13,18H,14-17,19-21H2,1H3/p+2. The van der Waals surface area contributed by atoms with Crippen LogP contribution in [0.3, 0.4) is 0 Å². The summed E-state index contributed by atoms with van der Waals surface area (Å²) in [6.07, 6.45) is 0. The molecule has 3 aromatic carbocycles. The molecule has 2 N–H and O–H groups in total. The highest BCUT2D eigenvalue weighted by molar-refractivity contribution is 5.43. The van der Waals surface area contributed by atoms with Crippen molar-refractivity contribution in [2.24, 2.45) is 0 Å². The van der Waals surface area contributed by atoms with Crippen LogP contribution in [0.2, 0.25) is 0 Å². The lowest BCUT2D eigenvalue weighted by molar-refractivity contribution is -1.02. The van der Waals surface area contributed by atoms with Crippen molar-refractivity contribution < 1.29 is 19.3 Å². The summed E-state index contributed by atoms with van der Waals surface area (Å²) in [6, 6.07) is 27.5. The average molecular weight is 405 g/mol. The van der Waals surface area contributed by atoms with Gasteiger partial charge in [0.05, 0.1) is 7.11 Å². The Bertz CT molecular complexity index is 907. The lowest BCUT2D eigenvalue weighted by Gasteiger charge is -2.30. The van der Waals surface area contributed by atoms with Crippen LogP contribution in [0.25, 0.3) is 0 Å². The van der Waals surface area contributed by atoms with Crippen LogP contribution in [-0.4, -0.2) is 33.3 Å². The molecule has 1 aliphatic heterocycles. The number of rotatable bonds is 8. The molecule has 1 heterocycles. The van der Waals surface area contributed by atoms with Crippen LogP contribution in [0.15, 0.2) is 78.9 Å². The van der Waals surface area contributed by atoms with Crippen LogP contribution < -0.4 is 19.3 Å². The van der Waals surface area contributed by atoms with E-state index in [1.807, 2.05) is 24.3 Å². The third kappa shape index (κ3) is 5.62. The molecule has 0 spiro atoms. The van der Waals surface area contributed by atoms with Crippen molar-refractivity contribution in [1.29, 1.82) is 0 Å². The van der Waals surface area contributed by atoms with Crippen molar-refractivity contribution in [2.75, 3.05) is 33.3 Å². The van der Waals surface area contributed by atoms with Gasteiger partial charge in [0.2, 0.25) is 0 Å². The maximum atomic E-state index is 6.09. The molecule has 0 radical (unpaired) electrons.